The van der Waals surface area contributed by atoms with Gasteiger partial charge in [-0.1, -0.05) is 29.3 Å². The highest BCUT2D eigenvalue weighted by atomic mass is 35.5. The quantitative estimate of drug-likeness (QED) is 0.567. The zero-order chi connectivity index (χ0) is 21.0. The van der Waals surface area contributed by atoms with Gasteiger partial charge in [0.25, 0.3) is 5.91 Å². The fourth-order valence-corrected chi connectivity index (χ4v) is 2.92. The molecule has 0 atom stereocenters. The zero-order valence-electron chi connectivity index (χ0n) is 15.6. The van der Waals surface area contributed by atoms with Gasteiger partial charge >= 0.3 is 5.97 Å². The molecule has 2 heterocycles. The summed E-state index contributed by atoms with van der Waals surface area (Å²) in [6, 6.07) is 6.52. The summed E-state index contributed by atoms with van der Waals surface area (Å²) in [7, 11) is 1.24. The van der Waals surface area contributed by atoms with Gasteiger partial charge in [0, 0.05) is 18.9 Å². The van der Waals surface area contributed by atoms with E-state index >= 15 is 0 Å². The zero-order valence-corrected chi connectivity index (χ0v) is 17.1. The van der Waals surface area contributed by atoms with Crippen LogP contribution in [0.25, 0.3) is 0 Å². The van der Waals surface area contributed by atoms with Gasteiger partial charge in [-0.15, -0.1) is 0 Å². The molecule has 29 heavy (non-hydrogen) atoms. The van der Waals surface area contributed by atoms with E-state index < -0.39 is 11.9 Å². The molecule has 1 N–H and O–H groups in total. The Labute approximate surface area is 176 Å². The molecule has 0 spiro atoms. The standard InChI is InChI=1S/C18H17Cl2N5O4/c1-3-24-9-14(15(23-24)18(27)28-2)21-17(26)13-7-8-25(22-13)10-29-16-11(19)5-4-6-12(16)20/h4-9H,3,10H2,1-2H3,(H,21,26). The van der Waals surface area contributed by atoms with Crippen molar-refractivity contribution in [2.75, 3.05) is 12.4 Å². The first kappa shape index (κ1) is 20.7. The predicted octanol–water partition coefficient (Wildman–Crippen LogP) is 3.48. The van der Waals surface area contributed by atoms with E-state index in [9.17, 15) is 9.59 Å². The van der Waals surface area contributed by atoms with Gasteiger partial charge in [-0.05, 0) is 25.1 Å². The largest absolute Gasteiger partial charge is 0.468 e. The number of aromatic nitrogens is 4. The van der Waals surface area contributed by atoms with E-state index in [1.165, 1.54) is 22.5 Å². The van der Waals surface area contributed by atoms with Crippen molar-refractivity contribution in [3.63, 3.8) is 0 Å². The van der Waals surface area contributed by atoms with E-state index in [4.69, 9.17) is 32.7 Å². The van der Waals surface area contributed by atoms with E-state index in [2.05, 4.69) is 15.5 Å². The summed E-state index contributed by atoms with van der Waals surface area (Å²) in [6.07, 6.45) is 3.11. The van der Waals surface area contributed by atoms with Gasteiger partial charge in [-0.25, -0.2) is 9.48 Å². The SMILES string of the molecule is CCn1cc(NC(=O)c2ccn(COc3c(Cl)cccc3Cl)n2)c(C(=O)OC)n1. The van der Waals surface area contributed by atoms with E-state index in [0.717, 1.165) is 0 Å². The van der Waals surface area contributed by atoms with Crippen molar-refractivity contribution in [3.8, 4) is 5.75 Å². The molecular weight excluding hydrogens is 421 g/mol. The van der Waals surface area contributed by atoms with Crippen LogP contribution in [0.3, 0.4) is 0 Å². The Morgan fingerprint density at radius 3 is 2.52 bits per heavy atom. The number of amides is 1. The predicted molar refractivity (Wildman–Crippen MR) is 107 cm³/mol. The molecule has 0 aliphatic rings. The number of anilines is 1. The van der Waals surface area contributed by atoms with Gasteiger partial charge in [-0.3, -0.25) is 9.48 Å². The lowest BCUT2D eigenvalue weighted by Crippen LogP contribution is -2.16. The van der Waals surface area contributed by atoms with Crippen LogP contribution in [-0.4, -0.2) is 38.5 Å². The summed E-state index contributed by atoms with van der Waals surface area (Å²) in [5.41, 5.74) is 0.370. The van der Waals surface area contributed by atoms with Gasteiger partial charge in [0.1, 0.15) is 0 Å². The van der Waals surface area contributed by atoms with Crippen molar-refractivity contribution < 1.29 is 19.1 Å². The van der Waals surface area contributed by atoms with Crippen LogP contribution in [0.5, 0.6) is 5.75 Å². The minimum atomic E-state index is -0.650. The maximum absolute atomic E-state index is 12.5. The maximum Gasteiger partial charge on any atom is 0.360 e. The molecule has 0 aliphatic heterocycles. The summed E-state index contributed by atoms with van der Waals surface area (Å²) in [5.74, 6) is -0.838. The lowest BCUT2D eigenvalue weighted by atomic mass is 10.3. The molecule has 2 aromatic heterocycles. The number of methoxy groups -OCH3 is 1. The Hall–Kier alpha value is -3.04. The smallest absolute Gasteiger partial charge is 0.360 e. The van der Waals surface area contributed by atoms with Crippen LogP contribution in [0.15, 0.2) is 36.7 Å². The molecule has 0 aliphatic carbocycles. The van der Waals surface area contributed by atoms with E-state index in [1.54, 1.807) is 30.6 Å². The molecule has 152 valence electrons. The van der Waals surface area contributed by atoms with Crippen LogP contribution >= 0.6 is 23.2 Å². The molecule has 0 fully saturated rings. The number of rotatable bonds is 7. The van der Waals surface area contributed by atoms with Gasteiger partial charge < -0.3 is 14.8 Å². The third kappa shape index (κ3) is 4.69. The van der Waals surface area contributed by atoms with Crippen LogP contribution in [0.4, 0.5) is 5.69 Å². The van der Waals surface area contributed by atoms with Crippen molar-refractivity contribution in [2.24, 2.45) is 0 Å². The van der Waals surface area contributed by atoms with Crippen LogP contribution in [0.1, 0.15) is 27.9 Å². The van der Waals surface area contributed by atoms with Crippen molar-refractivity contribution in [2.45, 2.75) is 20.2 Å². The number of halogens is 2. The highest BCUT2D eigenvalue weighted by molar-refractivity contribution is 6.37. The minimum Gasteiger partial charge on any atom is -0.468 e. The van der Waals surface area contributed by atoms with Gasteiger partial charge in [0.2, 0.25) is 0 Å². The lowest BCUT2D eigenvalue weighted by molar-refractivity contribution is 0.0594. The van der Waals surface area contributed by atoms with E-state index in [0.29, 0.717) is 22.3 Å². The Kier molecular flexibility index (Phi) is 6.40. The molecule has 3 aromatic rings. The number of nitrogens with zero attached hydrogens (tertiary/aromatic N) is 4. The second-order valence-corrected chi connectivity index (χ2v) is 6.57. The van der Waals surface area contributed by atoms with Crippen LogP contribution in [0, 0.1) is 0 Å². The molecule has 1 aromatic carbocycles. The molecule has 0 bridgehead atoms. The summed E-state index contributed by atoms with van der Waals surface area (Å²) in [6.45, 7) is 2.38. The fourth-order valence-electron chi connectivity index (χ4n) is 2.41. The monoisotopic (exact) mass is 437 g/mol. The highest BCUT2D eigenvalue weighted by Crippen LogP contribution is 2.32. The van der Waals surface area contributed by atoms with Crippen LogP contribution in [-0.2, 0) is 18.0 Å². The number of para-hydroxylation sites is 1. The summed E-state index contributed by atoms with van der Waals surface area (Å²) >= 11 is 12.1. The number of nitrogens with one attached hydrogen (secondary N) is 1. The van der Waals surface area contributed by atoms with Gasteiger partial charge in [0.15, 0.2) is 23.9 Å². The second-order valence-electron chi connectivity index (χ2n) is 5.76. The Balaban J connectivity index is 1.70. The highest BCUT2D eigenvalue weighted by Gasteiger charge is 2.20. The first-order valence-electron chi connectivity index (χ1n) is 8.50. The van der Waals surface area contributed by atoms with Gasteiger partial charge in [0.05, 0.1) is 22.8 Å². The molecule has 11 heteroatoms. The number of carbonyl (C=O) groups excluding carboxylic acids is 2. The normalized spacial score (nSPS) is 10.6. The number of ether oxygens (including phenoxy) is 2. The fraction of sp³-hybridized carbons (Fsp3) is 0.222. The van der Waals surface area contributed by atoms with E-state index in [1.807, 2.05) is 6.92 Å². The molecule has 0 saturated carbocycles. The number of hydrogen-bond donors (Lipinski definition) is 1. The van der Waals surface area contributed by atoms with Crippen molar-refractivity contribution in [3.05, 3.63) is 58.1 Å². The Morgan fingerprint density at radius 1 is 1.14 bits per heavy atom. The number of esters is 1. The summed E-state index contributed by atoms with van der Waals surface area (Å²) in [5, 5.41) is 11.6. The molecule has 1 amide bonds. The number of aryl methyl sites for hydroxylation is 1. The Morgan fingerprint density at radius 2 is 1.86 bits per heavy atom. The summed E-state index contributed by atoms with van der Waals surface area (Å²) < 4.78 is 13.2. The molecule has 9 nitrogen and oxygen atoms in total. The topological polar surface area (TPSA) is 100 Å². The number of hydrogen-bond acceptors (Lipinski definition) is 6. The number of benzene rings is 1. The van der Waals surface area contributed by atoms with Gasteiger partial charge in [-0.2, -0.15) is 10.2 Å². The second kappa shape index (κ2) is 8.97. The van der Waals surface area contributed by atoms with E-state index in [-0.39, 0.29) is 23.8 Å². The Bertz CT molecular complexity index is 1030. The van der Waals surface area contributed by atoms with Crippen molar-refractivity contribution in [1.82, 2.24) is 19.6 Å². The molecule has 0 unspecified atom stereocenters. The molecule has 3 rings (SSSR count). The molecule has 0 radical (unpaired) electrons. The summed E-state index contributed by atoms with van der Waals surface area (Å²) in [4.78, 5) is 24.4. The van der Waals surface area contributed by atoms with Crippen molar-refractivity contribution >= 4 is 40.8 Å². The average Bonchev–Trinajstić information content (AvgIpc) is 3.34. The van der Waals surface area contributed by atoms with Crippen molar-refractivity contribution in [1.29, 1.82) is 0 Å². The lowest BCUT2D eigenvalue weighted by Gasteiger charge is -2.09. The minimum absolute atomic E-state index is 0.00207. The molecular formula is C18H17Cl2N5O4. The van der Waals surface area contributed by atoms with Crippen LogP contribution < -0.4 is 10.1 Å². The third-order valence-electron chi connectivity index (χ3n) is 3.85. The van der Waals surface area contributed by atoms with Crippen LogP contribution in [0.2, 0.25) is 10.0 Å². The average molecular weight is 438 g/mol. The third-order valence-corrected chi connectivity index (χ3v) is 4.44. The molecule has 0 saturated heterocycles. The first-order valence-corrected chi connectivity index (χ1v) is 9.26. The maximum atomic E-state index is 12.5. The first-order chi connectivity index (χ1) is 13.9. The number of carbonyl (C=O) groups is 2.